The van der Waals surface area contributed by atoms with Gasteiger partial charge in [-0.15, -0.1) is 0 Å². The van der Waals surface area contributed by atoms with Crippen LogP contribution in [-0.4, -0.2) is 0 Å². The molecular weight excluding hydrogens is 721 g/mol. The zero-order chi connectivity index (χ0) is 39.6. The van der Waals surface area contributed by atoms with Crippen molar-refractivity contribution in [1.82, 2.24) is 0 Å². The highest BCUT2D eigenvalue weighted by Crippen LogP contribution is 2.38. The van der Waals surface area contributed by atoms with E-state index < -0.39 is 0 Å². The molecular formula is C60H38. The summed E-state index contributed by atoms with van der Waals surface area (Å²) < 4.78 is 0. The summed E-state index contributed by atoms with van der Waals surface area (Å²) in [5.74, 6) is 0. The second-order valence-electron chi connectivity index (χ2n) is 16.1. The Balaban J connectivity index is 0.820. The zero-order valence-corrected chi connectivity index (χ0v) is 32.9. The lowest BCUT2D eigenvalue weighted by molar-refractivity contribution is 1.60. The van der Waals surface area contributed by atoms with Crippen LogP contribution in [0.15, 0.2) is 231 Å². The van der Waals surface area contributed by atoms with Gasteiger partial charge in [0.25, 0.3) is 0 Å². The van der Waals surface area contributed by atoms with Crippen molar-refractivity contribution in [2.45, 2.75) is 0 Å². The van der Waals surface area contributed by atoms with Gasteiger partial charge in [-0.2, -0.15) is 0 Å². The summed E-state index contributed by atoms with van der Waals surface area (Å²) >= 11 is 0. The molecule has 0 heterocycles. The van der Waals surface area contributed by atoms with E-state index in [2.05, 4.69) is 231 Å². The molecule has 0 radical (unpaired) electrons. The van der Waals surface area contributed by atoms with E-state index in [0.29, 0.717) is 0 Å². The summed E-state index contributed by atoms with van der Waals surface area (Å²) in [7, 11) is 0. The Morgan fingerprint density at radius 1 is 0.150 bits per heavy atom. The summed E-state index contributed by atoms with van der Waals surface area (Å²) in [6, 6.07) is 85.0. The summed E-state index contributed by atoms with van der Waals surface area (Å²) in [5, 5.41) is 15.3. The summed E-state index contributed by atoms with van der Waals surface area (Å²) in [6.45, 7) is 0. The van der Waals surface area contributed by atoms with Crippen molar-refractivity contribution < 1.29 is 0 Å². The van der Waals surface area contributed by atoms with Gasteiger partial charge in [0, 0.05) is 0 Å². The van der Waals surface area contributed by atoms with E-state index in [0.717, 1.165) is 0 Å². The van der Waals surface area contributed by atoms with Crippen LogP contribution in [0.3, 0.4) is 0 Å². The van der Waals surface area contributed by atoms with Crippen molar-refractivity contribution in [2.75, 3.05) is 0 Å². The first-order valence-corrected chi connectivity index (χ1v) is 20.8. The fraction of sp³-hybridized carbons (Fsp3) is 0. The summed E-state index contributed by atoms with van der Waals surface area (Å²) in [4.78, 5) is 0. The van der Waals surface area contributed by atoms with E-state index in [1.165, 1.54) is 120 Å². The van der Waals surface area contributed by atoms with Gasteiger partial charge in [-0.1, -0.05) is 200 Å². The third-order valence-electron chi connectivity index (χ3n) is 12.6. The number of hydrogen-bond acceptors (Lipinski definition) is 0. The molecule has 0 heteroatoms. The molecule has 12 aromatic rings. The van der Waals surface area contributed by atoms with E-state index in [-0.39, 0.29) is 0 Å². The Bertz CT molecular complexity index is 3610. The van der Waals surface area contributed by atoms with Crippen molar-refractivity contribution in [3.8, 4) is 55.6 Å². The van der Waals surface area contributed by atoms with Crippen molar-refractivity contribution in [2.24, 2.45) is 0 Å². The van der Waals surface area contributed by atoms with Crippen LogP contribution in [0.2, 0.25) is 0 Å². The first kappa shape index (κ1) is 34.3. The first-order chi connectivity index (χ1) is 29.7. The molecule has 278 valence electrons. The van der Waals surface area contributed by atoms with Crippen molar-refractivity contribution in [1.29, 1.82) is 0 Å². The highest BCUT2D eigenvalue weighted by molar-refractivity contribution is 6.14. The van der Waals surface area contributed by atoms with Gasteiger partial charge >= 0.3 is 0 Å². The Hall–Kier alpha value is -7.80. The molecule has 0 aliphatic rings. The fourth-order valence-corrected chi connectivity index (χ4v) is 9.48. The number of hydrogen-bond donors (Lipinski definition) is 0. The smallest absolute Gasteiger partial charge is 0.00990 e. The van der Waals surface area contributed by atoms with Crippen LogP contribution in [0.1, 0.15) is 0 Å². The Labute approximate surface area is 349 Å². The number of fused-ring (bicyclic) bond motifs is 9. The van der Waals surface area contributed by atoms with Gasteiger partial charge in [0.05, 0.1) is 0 Å². The third-order valence-corrected chi connectivity index (χ3v) is 12.6. The molecule has 0 amide bonds. The quantitative estimate of drug-likeness (QED) is 0.153. The van der Waals surface area contributed by atoms with E-state index in [1.54, 1.807) is 0 Å². The summed E-state index contributed by atoms with van der Waals surface area (Å²) in [6.07, 6.45) is 0. The number of rotatable bonds is 5. The average molecular weight is 759 g/mol. The van der Waals surface area contributed by atoms with Gasteiger partial charge in [0.2, 0.25) is 0 Å². The van der Waals surface area contributed by atoms with E-state index in [9.17, 15) is 0 Å². The van der Waals surface area contributed by atoms with Gasteiger partial charge in [0.15, 0.2) is 0 Å². The largest absolute Gasteiger partial charge is 0.0622 e. The van der Waals surface area contributed by atoms with E-state index in [4.69, 9.17) is 0 Å². The Morgan fingerprint density at radius 3 is 0.933 bits per heavy atom. The van der Waals surface area contributed by atoms with Crippen LogP contribution in [0.25, 0.3) is 120 Å². The highest BCUT2D eigenvalue weighted by atomic mass is 14.2. The van der Waals surface area contributed by atoms with Crippen molar-refractivity contribution in [3.05, 3.63) is 231 Å². The molecule has 0 saturated carbocycles. The molecule has 0 aliphatic heterocycles. The summed E-state index contributed by atoms with van der Waals surface area (Å²) in [5.41, 5.74) is 12.4. The SMILES string of the molecule is c1ccc(-c2ccc(-c3ccc4c(ccc5cc(-c6ccc7c(ccc8cc(-c9ccc(-c%10cc%11ccccc%11c%11ccccc%10%11)cc9)ccc87)c6)ccc54)c3)cc2)cc1. The van der Waals surface area contributed by atoms with Crippen LogP contribution in [0.5, 0.6) is 0 Å². The standard InChI is InChI=1S/C60H38/c1-2-8-39(9-3-1)40-14-16-41(17-15-40)44-26-30-54-49(34-44)22-24-51-36-46(28-32-56(51)54)47-29-33-57-52(37-47)25-23-50-35-45(27-31-55(50)57)42-18-20-43(21-19-42)60-38-48-10-4-5-11-53(48)58-12-6-7-13-59(58)60/h1-38H. The average Bonchev–Trinajstić information content (AvgIpc) is 3.33. The molecule has 0 aromatic heterocycles. The minimum atomic E-state index is 1.22. The monoisotopic (exact) mass is 758 g/mol. The van der Waals surface area contributed by atoms with Crippen LogP contribution in [0.4, 0.5) is 0 Å². The number of benzene rings is 12. The molecule has 0 bridgehead atoms. The van der Waals surface area contributed by atoms with Crippen LogP contribution >= 0.6 is 0 Å². The molecule has 0 N–H and O–H groups in total. The second kappa shape index (κ2) is 13.9. The minimum Gasteiger partial charge on any atom is -0.0622 e. The molecule has 0 saturated heterocycles. The molecule has 12 aromatic carbocycles. The van der Waals surface area contributed by atoms with Crippen molar-refractivity contribution in [3.63, 3.8) is 0 Å². The molecule has 0 spiro atoms. The fourth-order valence-electron chi connectivity index (χ4n) is 9.48. The highest BCUT2D eigenvalue weighted by Gasteiger charge is 2.11. The van der Waals surface area contributed by atoms with Crippen molar-refractivity contribution >= 4 is 64.6 Å². The maximum Gasteiger partial charge on any atom is -0.00990 e. The lowest BCUT2D eigenvalue weighted by atomic mass is 9.91. The van der Waals surface area contributed by atoms with Gasteiger partial charge in [-0.3, -0.25) is 0 Å². The maximum absolute atomic E-state index is 2.34. The Kier molecular flexibility index (Phi) is 7.96. The van der Waals surface area contributed by atoms with Gasteiger partial charge < -0.3 is 0 Å². The lowest BCUT2D eigenvalue weighted by Gasteiger charge is -2.12. The van der Waals surface area contributed by atoms with Crippen LogP contribution in [0, 0.1) is 0 Å². The Morgan fingerprint density at radius 2 is 0.450 bits per heavy atom. The normalized spacial score (nSPS) is 11.7. The van der Waals surface area contributed by atoms with Crippen LogP contribution < -0.4 is 0 Å². The molecule has 12 rings (SSSR count). The van der Waals surface area contributed by atoms with Gasteiger partial charge in [-0.05, 0) is 151 Å². The maximum atomic E-state index is 2.34. The molecule has 0 aliphatic carbocycles. The lowest BCUT2D eigenvalue weighted by Crippen LogP contribution is -1.86. The molecule has 0 fully saturated rings. The molecule has 0 atom stereocenters. The van der Waals surface area contributed by atoms with Gasteiger partial charge in [0.1, 0.15) is 0 Å². The first-order valence-electron chi connectivity index (χ1n) is 20.8. The van der Waals surface area contributed by atoms with E-state index in [1.807, 2.05) is 0 Å². The van der Waals surface area contributed by atoms with E-state index >= 15 is 0 Å². The molecule has 0 nitrogen and oxygen atoms in total. The topological polar surface area (TPSA) is 0 Å². The molecule has 60 heavy (non-hydrogen) atoms. The predicted octanol–water partition coefficient (Wildman–Crippen LogP) is 16.9. The zero-order valence-electron chi connectivity index (χ0n) is 32.9. The van der Waals surface area contributed by atoms with Gasteiger partial charge in [-0.25, -0.2) is 0 Å². The molecule has 0 unspecified atom stereocenters. The predicted molar refractivity (Wildman–Crippen MR) is 259 cm³/mol. The van der Waals surface area contributed by atoms with Crippen LogP contribution in [-0.2, 0) is 0 Å². The minimum absolute atomic E-state index is 1.22. The second-order valence-corrected chi connectivity index (χ2v) is 16.1. The third kappa shape index (κ3) is 5.84.